The maximum Gasteiger partial charge on any atom is 0.410 e. The normalized spacial score (nSPS) is 17.1. The van der Waals surface area contributed by atoms with E-state index in [0.717, 1.165) is 23.5 Å². The lowest BCUT2D eigenvalue weighted by atomic mass is 10.0. The summed E-state index contributed by atoms with van der Waals surface area (Å²) in [5, 5.41) is 3.73. The number of nitrogen functional groups attached to an aromatic ring is 1. The van der Waals surface area contributed by atoms with Crippen LogP contribution in [-0.4, -0.2) is 53.2 Å². The quantitative estimate of drug-likeness (QED) is 0.455. The van der Waals surface area contributed by atoms with Crippen molar-refractivity contribution < 1.29 is 23.1 Å². The number of nitrogens with one attached hydrogen (secondary N) is 1. The zero-order chi connectivity index (χ0) is 23.2. The SMILES string of the molecule is CC(C(=O)c1sc(NC2CCN(C(=O)OC(C)(C)C)CC2)nc1N)/C(F)=C\C=C/CF. The number of anilines is 2. The lowest BCUT2D eigenvalue weighted by Gasteiger charge is -2.33. The van der Waals surface area contributed by atoms with Gasteiger partial charge in [0.05, 0.1) is 5.92 Å². The van der Waals surface area contributed by atoms with Gasteiger partial charge in [0.2, 0.25) is 0 Å². The van der Waals surface area contributed by atoms with Crippen LogP contribution in [0.15, 0.2) is 24.1 Å². The second-order valence-corrected chi connectivity index (χ2v) is 9.34. The predicted molar refractivity (Wildman–Crippen MR) is 119 cm³/mol. The van der Waals surface area contributed by atoms with Crippen molar-refractivity contribution in [3.8, 4) is 0 Å². The number of hydrogen-bond acceptors (Lipinski definition) is 7. The maximum absolute atomic E-state index is 14.1. The molecule has 2 heterocycles. The Morgan fingerprint density at radius 3 is 2.61 bits per heavy atom. The number of nitrogens with two attached hydrogens (primary N) is 1. The molecule has 31 heavy (non-hydrogen) atoms. The van der Waals surface area contributed by atoms with Crippen LogP contribution in [0.2, 0.25) is 0 Å². The maximum atomic E-state index is 14.1. The predicted octanol–water partition coefficient (Wildman–Crippen LogP) is 4.73. The molecule has 0 aromatic carbocycles. The summed E-state index contributed by atoms with van der Waals surface area (Å²) in [6, 6.07) is 0.0621. The highest BCUT2D eigenvalue weighted by molar-refractivity contribution is 7.18. The number of thiazole rings is 1. The number of carbonyl (C=O) groups is 2. The number of rotatable bonds is 7. The number of ketones is 1. The zero-order valence-corrected chi connectivity index (χ0v) is 19.1. The van der Waals surface area contributed by atoms with Gasteiger partial charge in [0.1, 0.15) is 28.8 Å². The van der Waals surface area contributed by atoms with Gasteiger partial charge in [-0.15, -0.1) is 0 Å². The van der Waals surface area contributed by atoms with Gasteiger partial charge in [-0.05, 0) is 46.6 Å². The van der Waals surface area contributed by atoms with Crippen LogP contribution in [0.25, 0.3) is 0 Å². The summed E-state index contributed by atoms with van der Waals surface area (Å²) in [6.45, 7) is 7.28. The van der Waals surface area contributed by atoms with Gasteiger partial charge in [0.15, 0.2) is 10.9 Å². The number of hydrogen-bond donors (Lipinski definition) is 2. The Morgan fingerprint density at radius 1 is 1.39 bits per heavy atom. The minimum Gasteiger partial charge on any atom is -0.444 e. The number of nitrogens with zero attached hydrogens (tertiary/aromatic N) is 2. The lowest BCUT2D eigenvalue weighted by Crippen LogP contribution is -2.44. The summed E-state index contributed by atoms with van der Waals surface area (Å²) in [5.74, 6) is -2.16. The van der Waals surface area contributed by atoms with Crippen molar-refractivity contribution >= 4 is 34.2 Å². The van der Waals surface area contributed by atoms with Gasteiger partial charge in [-0.1, -0.05) is 23.5 Å². The molecule has 7 nitrogen and oxygen atoms in total. The first-order valence-corrected chi connectivity index (χ1v) is 11.0. The van der Waals surface area contributed by atoms with Crippen molar-refractivity contribution in [2.75, 3.05) is 30.8 Å². The summed E-state index contributed by atoms with van der Waals surface area (Å²) in [5.41, 5.74) is 5.35. The molecule has 0 saturated carbocycles. The Morgan fingerprint density at radius 2 is 2.03 bits per heavy atom. The fraction of sp³-hybridized carbons (Fsp3) is 0.571. The molecule has 10 heteroatoms. The van der Waals surface area contributed by atoms with Crippen molar-refractivity contribution in [2.45, 2.75) is 52.2 Å². The molecule has 1 aromatic rings. The fourth-order valence-electron chi connectivity index (χ4n) is 2.96. The molecular weight excluding hydrogens is 426 g/mol. The molecule has 1 aromatic heterocycles. The Kier molecular flexibility index (Phi) is 8.55. The molecule has 0 radical (unpaired) electrons. The number of aromatic nitrogens is 1. The molecule has 1 saturated heterocycles. The molecule has 0 spiro atoms. The summed E-state index contributed by atoms with van der Waals surface area (Å²) in [6.07, 6.45) is 4.49. The average Bonchev–Trinajstić information content (AvgIpc) is 3.06. The molecule has 0 bridgehead atoms. The number of Topliss-reactive ketones (excluding diaryl/α,β-unsaturated/α-hetero) is 1. The van der Waals surface area contributed by atoms with Gasteiger partial charge in [0.25, 0.3) is 0 Å². The number of carbonyl (C=O) groups excluding carboxylic acids is 2. The van der Waals surface area contributed by atoms with Gasteiger partial charge in [-0.2, -0.15) is 0 Å². The standard InChI is InChI=1S/C21H30F2N4O3S/c1-13(15(23)7-5-6-10-22)16(28)17-18(24)26-19(31-17)25-14-8-11-27(12-9-14)20(29)30-21(2,3)4/h5-7,13-14H,8-12,24H2,1-4H3,(H,25,26)/b6-5-,15-7+. The number of ether oxygens (including phenoxy) is 1. The van der Waals surface area contributed by atoms with Crippen molar-refractivity contribution in [3.05, 3.63) is 28.9 Å². The second kappa shape index (κ2) is 10.7. The second-order valence-electron chi connectivity index (χ2n) is 8.34. The molecule has 1 fully saturated rings. The van der Waals surface area contributed by atoms with E-state index in [1.807, 2.05) is 20.8 Å². The van der Waals surface area contributed by atoms with E-state index in [2.05, 4.69) is 10.3 Å². The van der Waals surface area contributed by atoms with Crippen LogP contribution in [0.1, 0.15) is 50.2 Å². The van der Waals surface area contributed by atoms with Gasteiger partial charge in [-0.3, -0.25) is 4.79 Å². The summed E-state index contributed by atoms with van der Waals surface area (Å²) < 4.78 is 31.6. The number of likely N-dealkylation sites (tertiary alicyclic amines) is 1. The number of alkyl halides is 1. The van der Waals surface area contributed by atoms with Crippen molar-refractivity contribution in [2.24, 2.45) is 5.92 Å². The van der Waals surface area contributed by atoms with Crippen LogP contribution in [0.5, 0.6) is 0 Å². The highest BCUT2D eigenvalue weighted by atomic mass is 32.1. The number of allylic oxidation sites excluding steroid dienone is 4. The largest absolute Gasteiger partial charge is 0.444 e. The van der Waals surface area contributed by atoms with Gasteiger partial charge < -0.3 is 20.7 Å². The molecule has 0 aliphatic carbocycles. The van der Waals surface area contributed by atoms with E-state index in [9.17, 15) is 18.4 Å². The van der Waals surface area contributed by atoms with E-state index in [0.29, 0.717) is 31.1 Å². The number of piperidine rings is 1. The van der Waals surface area contributed by atoms with E-state index < -0.39 is 29.8 Å². The first-order valence-electron chi connectivity index (χ1n) is 10.1. The zero-order valence-electron chi connectivity index (χ0n) is 18.3. The summed E-state index contributed by atoms with van der Waals surface area (Å²) in [7, 11) is 0. The molecule has 1 aliphatic rings. The lowest BCUT2D eigenvalue weighted by molar-refractivity contribution is 0.0210. The molecule has 2 rings (SSSR count). The molecule has 1 amide bonds. The van der Waals surface area contributed by atoms with Crippen molar-refractivity contribution in [3.63, 3.8) is 0 Å². The molecule has 1 atom stereocenters. The molecule has 1 unspecified atom stereocenters. The first kappa shape index (κ1) is 24.8. The van der Waals surface area contributed by atoms with E-state index in [1.54, 1.807) is 4.90 Å². The third kappa shape index (κ3) is 7.30. The molecule has 3 N–H and O–H groups in total. The average molecular weight is 457 g/mol. The van der Waals surface area contributed by atoms with Gasteiger partial charge in [0, 0.05) is 19.1 Å². The topological polar surface area (TPSA) is 97.5 Å². The molecule has 1 aliphatic heterocycles. The van der Waals surface area contributed by atoms with Crippen LogP contribution in [0.4, 0.5) is 24.5 Å². The summed E-state index contributed by atoms with van der Waals surface area (Å²) >= 11 is 1.08. The molecular formula is C21H30F2N4O3S. The van der Waals surface area contributed by atoms with Crippen molar-refractivity contribution in [1.29, 1.82) is 0 Å². The minimum absolute atomic E-state index is 0.0441. The Bertz CT molecular complexity index is 840. The monoisotopic (exact) mass is 456 g/mol. The first-order chi connectivity index (χ1) is 14.5. The van der Waals surface area contributed by atoms with Crippen molar-refractivity contribution in [1.82, 2.24) is 9.88 Å². The third-order valence-electron chi connectivity index (χ3n) is 4.64. The van der Waals surface area contributed by atoms with E-state index in [4.69, 9.17) is 10.5 Å². The molecule has 172 valence electrons. The van der Waals surface area contributed by atoms with Gasteiger partial charge in [-0.25, -0.2) is 18.6 Å². The number of amides is 1. The Hall–Kier alpha value is -2.49. The smallest absolute Gasteiger partial charge is 0.410 e. The highest BCUT2D eigenvalue weighted by Gasteiger charge is 2.28. The third-order valence-corrected chi connectivity index (χ3v) is 5.66. The summed E-state index contributed by atoms with van der Waals surface area (Å²) in [4.78, 5) is 30.8. The van der Waals surface area contributed by atoms with Gasteiger partial charge >= 0.3 is 6.09 Å². The highest BCUT2D eigenvalue weighted by Crippen LogP contribution is 2.31. The van der Waals surface area contributed by atoms with E-state index in [-0.39, 0.29) is 22.8 Å². The number of halogens is 2. The van der Waals surface area contributed by atoms with Crippen LogP contribution in [0, 0.1) is 5.92 Å². The van der Waals surface area contributed by atoms with E-state index in [1.165, 1.54) is 13.0 Å². The van der Waals surface area contributed by atoms with Crippen LogP contribution >= 0.6 is 11.3 Å². The van der Waals surface area contributed by atoms with Crippen LogP contribution in [-0.2, 0) is 4.74 Å². The minimum atomic E-state index is -1.04. The Labute approximate surface area is 185 Å². The van der Waals surface area contributed by atoms with E-state index >= 15 is 0 Å². The van der Waals surface area contributed by atoms with Crippen LogP contribution in [0.3, 0.4) is 0 Å². The van der Waals surface area contributed by atoms with Crippen LogP contribution < -0.4 is 11.1 Å². The fourth-order valence-corrected chi connectivity index (χ4v) is 3.95. The Balaban J connectivity index is 1.95.